The quantitative estimate of drug-likeness (QED) is 0.370. The van der Waals surface area contributed by atoms with Gasteiger partial charge in [0, 0.05) is 5.75 Å². The maximum Gasteiger partial charge on any atom is 0.321 e. The second-order valence-electron chi connectivity index (χ2n) is 2.25. The third kappa shape index (κ3) is 11.2. The SMILES string of the molecule is CC(N)C(=O)O.NC(CS)C(=O)O. The van der Waals surface area contributed by atoms with E-state index < -0.39 is 24.0 Å². The van der Waals surface area contributed by atoms with E-state index in [4.69, 9.17) is 21.7 Å². The predicted octanol–water partition coefficient (Wildman–Crippen LogP) is -1.25. The van der Waals surface area contributed by atoms with Crippen molar-refractivity contribution < 1.29 is 19.8 Å². The molecule has 0 fully saturated rings. The summed E-state index contributed by atoms with van der Waals surface area (Å²) in [5, 5.41) is 15.9. The standard InChI is InChI=1S/C3H7NO2S.C3H7NO2/c4-2(1-7)3(5)6;1-2(4)3(5)6/h2,7H,1,4H2,(H,5,6);2H,4H2,1H3,(H,5,6). The van der Waals surface area contributed by atoms with Crippen LogP contribution in [0.3, 0.4) is 0 Å². The normalized spacial score (nSPS) is 13.5. The van der Waals surface area contributed by atoms with Crippen LogP contribution in [-0.2, 0) is 9.59 Å². The fraction of sp³-hybridized carbons (Fsp3) is 0.667. The summed E-state index contributed by atoms with van der Waals surface area (Å²) in [6.45, 7) is 1.42. The van der Waals surface area contributed by atoms with E-state index in [-0.39, 0.29) is 5.75 Å². The Bertz CT molecular complexity index is 174. The smallest absolute Gasteiger partial charge is 0.321 e. The minimum absolute atomic E-state index is 0.190. The van der Waals surface area contributed by atoms with Crippen molar-refractivity contribution in [3.63, 3.8) is 0 Å². The summed E-state index contributed by atoms with van der Waals surface area (Å²) in [6, 6.07) is -1.55. The molecule has 0 heterocycles. The number of carboxylic acids is 2. The van der Waals surface area contributed by atoms with Crippen LogP contribution in [0.1, 0.15) is 6.92 Å². The van der Waals surface area contributed by atoms with Crippen molar-refractivity contribution in [3.8, 4) is 0 Å². The number of carboxylic acid groups (broad SMARTS) is 2. The molecule has 0 rings (SSSR count). The van der Waals surface area contributed by atoms with Crippen LogP contribution in [0.4, 0.5) is 0 Å². The van der Waals surface area contributed by atoms with E-state index in [0.717, 1.165) is 0 Å². The molecule has 0 aliphatic rings. The van der Waals surface area contributed by atoms with Crippen LogP contribution in [0.15, 0.2) is 0 Å². The largest absolute Gasteiger partial charge is 0.480 e. The molecule has 0 aromatic carbocycles. The van der Waals surface area contributed by atoms with Gasteiger partial charge in [0.05, 0.1) is 0 Å². The first-order chi connectivity index (χ1) is 5.82. The van der Waals surface area contributed by atoms with Crippen LogP contribution >= 0.6 is 12.6 Å². The Morgan fingerprint density at radius 1 is 1.31 bits per heavy atom. The molecule has 13 heavy (non-hydrogen) atoms. The van der Waals surface area contributed by atoms with Gasteiger partial charge in [-0.05, 0) is 6.92 Å². The number of rotatable bonds is 3. The van der Waals surface area contributed by atoms with E-state index in [1.165, 1.54) is 6.92 Å². The van der Waals surface area contributed by atoms with E-state index in [1.54, 1.807) is 0 Å². The highest BCUT2D eigenvalue weighted by atomic mass is 32.1. The molecular weight excluding hydrogens is 196 g/mol. The molecular formula is C6H14N2O4S. The minimum Gasteiger partial charge on any atom is -0.480 e. The maximum atomic E-state index is 9.76. The monoisotopic (exact) mass is 210 g/mol. The van der Waals surface area contributed by atoms with Gasteiger partial charge in [-0.3, -0.25) is 9.59 Å². The lowest BCUT2D eigenvalue weighted by Gasteiger charge is -1.96. The Balaban J connectivity index is 0. The average molecular weight is 210 g/mol. The summed E-state index contributed by atoms with van der Waals surface area (Å²) in [5.41, 5.74) is 9.78. The van der Waals surface area contributed by atoms with Crippen molar-refractivity contribution in [1.82, 2.24) is 0 Å². The summed E-state index contributed by atoms with van der Waals surface area (Å²) in [5.74, 6) is -1.78. The van der Waals surface area contributed by atoms with Crippen LogP contribution < -0.4 is 11.5 Å². The predicted molar refractivity (Wildman–Crippen MR) is 50.7 cm³/mol. The molecule has 0 saturated carbocycles. The highest BCUT2D eigenvalue weighted by Crippen LogP contribution is 1.80. The minimum atomic E-state index is -1.00. The number of nitrogens with two attached hydrogens (primary N) is 2. The third-order valence-corrected chi connectivity index (χ3v) is 1.30. The van der Waals surface area contributed by atoms with Crippen LogP contribution in [0, 0.1) is 0 Å². The molecule has 0 aliphatic carbocycles. The summed E-state index contributed by atoms with van der Waals surface area (Å²) < 4.78 is 0. The van der Waals surface area contributed by atoms with Gasteiger partial charge in [-0.25, -0.2) is 0 Å². The summed E-state index contributed by atoms with van der Waals surface area (Å²) in [6.07, 6.45) is 0. The Kier molecular flexibility index (Phi) is 8.87. The number of hydrogen-bond acceptors (Lipinski definition) is 5. The summed E-state index contributed by atoms with van der Waals surface area (Å²) >= 11 is 3.65. The highest BCUT2D eigenvalue weighted by molar-refractivity contribution is 7.80. The van der Waals surface area contributed by atoms with E-state index in [2.05, 4.69) is 12.6 Å². The number of thiol groups is 1. The van der Waals surface area contributed by atoms with Crippen molar-refractivity contribution in [2.75, 3.05) is 5.75 Å². The van der Waals surface area contributed by atoms with Gasteiger partial charge < -0.3 is 21.7 Å². The molecule has 2 unspecified atom stereocenters. The fourth-order valence-corrected chi connectivity index (χ4v) is 0.234. The first-order valence-electron chi connectivity index (χ1n) is 3.40. The Hall–Kier alpha value is -0.790. The first kappa shape index (κ1) is 14.7. The molecule has 78 valence electrons. The zero-order valence-corrected chi connectivity index (χ0v) is 8.07. The lowest BCUT2D eigenvalue weighted by Crippen LogP contribution is -2.31. The van der Waals surface area contributed by atoms with Crippen LogP contribution in [0.5, 0.6) is 0 Å². The van der Waals surface area contributed by atoms with Gasteiger partial charge in [-0.1, -0.05) is 0 Å². The molecule has 0 bridgehead atoms. The molecule has 0 radical (unpaired) electrons. The van der Waals surface area contributed by atoms with Gasteiger partial charge in [0.2, 0.25) is 0 Å². The van der Waals surface area contributed by atoms with Crippen LogP contribution in [0.2, 0.25) is 0 Å². The molecule has 0 aliphatic heterocycles. The molecule has 6 N–H and O–H groups in total. The number of carbonyl (C=O) groups is 2. The van der Waals surface area contributed by atoms with Gasteiger partial charge in [-0.2, -0.15) is 12.6 Å². The third-order valence-electron chi connectivity index (χ3n) is 0.903. The summed E-state index contributed by atoms with van der Waals surface area (Å²) in [7, 11) is 0. The molecule has 2 atom stereocenters. The molecule has 7 heteroatoms. The molecule has 0 amide bonds. The van der Waals surface area contributed by atoms with Crippen molar-refractivity contribution >= 4 is 24.6 Å². The maximum absolute atomic E-state index is 9.76. The van der Waals surface area contributed by atoms with Crippen molar-refractivity contribution in [3.05, 3.63) is 0 Å². The van der Waals surface area contributed by atoms with Gasteiger partial charge >= 0.3 is 11.9 Å². The Morgan fingerprint density at radius 2 is 1.62 bits per heavy atom. The zero-order valence-electron chi connectivity index (χ0n) is 7.17. The van der Waals surface area contributed by atoms with Crippen molar-refractivity contribution in [2.45, 2.75) is 19.0 Å². The second-order valence-corrected chi connectivity index (χ2v) is 2.62. The zero-order chi connectivity index (χ0) is 11.0. The van der Waals surface area contributed by atoms with Crippen molar-refractivity contribution in [1.29, 1.82) is 0 Å². The molecule has 6 nitrogen and oxygen atoms in total. The Morgan fingerprint density at radius 3 is 1.62 bits per heavy atom. The van der Waals surface area contributed by atoms with Gasteiger partial charge in [0.15, 0.2) is 0 Å². The lowest BCUT2D eigenvalue weighted by molar-refractivity contribution is -0.138. The topological polar surface area (TPSA) is 127 Å². The van der Waals surface area contributed by atoms with Crippen LogP contribution in [-0.4, -0.2) is 40.0 Å². The second kappa shape index (κ2) is 7.84. The average Bonchev–Trinajstić information content (AvgIpc) is 2.03. The van der Waals surface area contributed by atoms with E-state index >= 15 is 0 Å². The van der Waals surface area contributed by atoms with Gasteiger partial charge in [0.1, 0.15) is 12.1 Å². The molecule has 0 aromatic heterocycles. The van der Waals surface area contributed by atoms with Crippen molar-refractivity contribution in [2.24, 2.45) is 11.5 Å². The van der Waals surface area contributed by atoms with E-state index in [1.807, 2.05) is 0 Å². The number of aliphatic carboxylic acids is 2. The molecule has 0 saturated heterocycles. The first-order valence-corrected chi connectivity index (χ1v) is 4.03. The highest BCUT2D eigenvalue weighted by Gasteiger charge is 2.06. The Labute approximate surface area is 81.3 Å². The van der Waals surface area contributed by atoms with E-state index in [9.17, 15) is 9.59 Å². The summed E-state index contributed by atoms with van der Waals surface area (Å²) in [4.78, 5) is 19.3. The number of hydrogen-bond donors (Lipinski definition) is 5. The van der Waals surface area contributed by atoms with Gasteiger partial charge in [-0.15, -0.1) is 0 Å². The van der Waals surface area contributed by atoms with Crippen LogP contribution in [0.25, 0.3) is 0 Å². The lowest BCUT2D eigenvalue weighted by atomic mass is 10.4. The fourth-order valence-electron chi connectivity index (χ4n) is 0.0781. The molecule has 0 aromatic rings. The van der Waals surface area contributed by atoms with Gasteiger partial charge in [0.25, 0.3) is 0 Å². The van der Waals surface area contributed by atoms with E-state index in [0.29, 0.717) is 0 Å². The molecule has 0 spiro atoms.